The maximum atomic E-state index is 13.1. The molecule has 0 aromatic heterocycles. The first-order valence-electron chi connectivity index (χ1n) is 6.22. The molecule has 0 saturated carbocycles. The molecule has 0 aliphatic heterocycles. The maximum absolute atomic E-state index is 13.1. The molecule has 102 valence electrons. The van der Waals surface area contributed by atoms with Crippen molar-refractivity contribution in [3.63, 3.8) is 0 Å². The average Bonchev–Trinajstić information content (AvgIpc) is 2.35. The number of hydrogen-bond donors (Lipinski definition) is 2. The second kappa shape index (κ2) is 6.71. The molecule has 0 bridgehead atoms. The van der Waals surface area contributed by atoms with E-state index >= 15 is 0 Å². The number of nitrogens with one attached hydrogen (secondary N) is 1. The van der Waals surface area contributed by atoms with E-state index in [2.05, 4.69) is 19.2 Å². The molecule has 1 aromatic carbocycles. The number of methoxy groups -OCH3 is 1. The van der Waals surface area contributed by atoms with Crippen molar-refractivity contribution in [3.05, 3.63) is 29.6 Å². The largest absolute Gasteiger partial charge is 0.496 e. The minimum absolute atomic E-state index is 0.0893. The fourth-order valence-electron chi connectivity index (χ4n) is 1.66. The minimum atomic E-state index is -0.229. The third-order valence-electron chi connectivity index (χ3n) is 2.97. The Kier molecular flexibility index (Phi) is 5.56. The van der Waals surface area contributed by atoms with Crippen LogP contribution in [0.25, 0.3) is 0 Å². The zero-order valence-corrected chi connectivity index (χ0v) is 11.4. The number of benzene rings is 1. The summed E-state index contributed by atoms with van der Waals surface area (Å²) in [6.45, 7) is 6.50. The van der Waals surface area contributed by atoms with Crippen LogP contribution in [0.15, 0.2) is 18.2 Å². The smallest absolute Gasteiger partial charge is 0.123 e. The van der Waals surface area contributed by atoms with Gasteiger partial charge in [-0.15, -0.1) is 0 Å². The van der Waals surface area contributed by atoms with Crippen LogP contribution in [-0.4, -0.2) is 26.7 Å². The number of rotatable bonds is 7. The van der Waals surface area contributed by atoms with Gasteiger partial charge in [0.1, 0.15) is 11.6 Å². The van der Waals surface area contributed by atoms with E-state index in [0.717, 1.165) is 30.8 Å². The Morgan fingerprint density at radius 2 is 2.11 bits per heavy atom. The Morgan fingerprint density at radius 1 is 1.39 bits per heavy atom. The van der Waals surface area contributed by atoms with Gasteiger partial charge in [-0.1, -0.05) is 13.8 Å². The molecule has 18 heavy (non-hydrogen) atoms. The summed E-state index contributed by atoms with van der Waals surface area (Å²) in [4.78, 5) is 0. The average molecular weight is 254 g/mol. The number of halogens is 1. The van der Waals surface area contributed by atoms with E-state index in [4.69, 9.17) is 10.5 Å². The fourth-order valence-corrected chi connectivity index (χ4v) is 1.66. The third kappa shape index (κ3) is 4.63. The van der Waals surface area contributed by atoms with Crippen molar-refractivity contribution >= 4 is 0 Å². The highest BCUT2D eigenvalue weighted by molar-refractivity contribution is 5.34. The van der Waals surface area contributed by atoms with Crippen LogP contribution in [0.4, 0.5) is 4.39 Å². The molecule has 0 unspecified atom stereocenters. The number of ether oxygens (including phenoxy) is 1. The van der Waals surface area contributed by atoms with Crippen LogP contribution < -0.4 is 15.8 Å². The lowest BCUT2D eigenvalue weighted by atomic mass is 9.94. The first-order chi connectivity index (χ1) is 8.48. The molecule has 4 heteroatoms. The summed E-state index contributed by atoms with van der Waals surface area (Å²) in [5.74, 6) is 0.504. The molecule has 0 fully saturated rings. The molecule has 0 radical (unpaired) electrons. The van der Waals surface area contributed by atoms with Gasteiger partial charge in [-0.05, 0) is 48.7 Å². The maximum Gasteiger partial charge on any atom is 0.123 e. The molecule has 3 N–H and O–H groups in total. The SMILES string of the molecule is COc1ccc(F)cc1CCNCC(C)(C)CN. The zero-order valence-electron chi connectivity index (χ0n) is 11.4. The molecule has 0 aliphatic carbocycles. The summed E-state index contributed by atoms with van der Waals surface area (Å²) in [6, 6.07) is 4.59. The van der Waals surface area contributed by atoms with Gasteiger partial charge in [0.25, 0.3) is 0 Å². The van der Waals surface area contributed by atoms with E-state index in [-0.39, 0.29) is 11.2 Å². The first kappa shape index (κ1) is 14.9. The highest BCUT2D eigenvalue weighted by atomic mass is 19.1. The molecule has 0 aliphatic rings. The fraction of sp³-hybridized carbons (Fsp3) is 0.571. The van der Waals surface area contributed by atoms with Crippen LogP contribution in [0.3, 0.4) is 0 Å². The highest BCUT2D eigenvalue weighted by Crippen LogP contribution is 2.19. The van der Waals surface area contributed by atoms with Gasteiger partial charge >= 0.3 is 0 Å². The Morgan fingerprint density at radius 3 is 2.72 bits per heavy atom. The number of hydrogen-bond acceptors (Lipinski definition) is 3. The zero-order chi connectivity index (χ0) is 13.6. The van der Waals surface area contributed by atoms with Crippen LogP contribution in [0, 0.1) is 11.2 Å². The van der Waals surface area contributed by atoms with Crippen LogP contribution >= 0.6 is 0 Å². The van der Waals surface area contributed by atoms with E-state index in [1.807, 2.05) is 0 Å². The standard InChI is InChI=1S/C14H23FN2O/c1-14(2,9-16)10-17-7-6-11-8-12(15)4-5-13(11)18-3/h4-5,8,17H,6-7,9-10,16H2,1-3H3. The molecule has 0 spiro atoms. The summed E-state index contributed by atoms with van der Waals surface area (Å²) in [7, 11) is 1.60. The second-order valence-electron chi connectivity index (χ2n) is 5.25. The molecule has 0 atom stereocenters. The predicted molar refractivity (Wildman–Crippen MR) is 72.4 cm³/mol. The Balaban J connectivity index is 2.46. The summed E-state index contributed by atoms with van der Waals surface area (Å²) in [5.41, 5.74) is 6.63. The van der Waals surface area contributed by atoms with Crippen molar-refractivity contribution in [1.82, 2.24) is 5.32 Å². The monoisotopic (exact) mass is 254 g/mol. The predicted octanol–water partition coefficient (Wildman–Crippen LogP) is 1.95. The minimum Gasteiger partial charge on any atom is -0.496 e. The van der Waals surface area contributed by atoms with Crippen molar-refractivity contribution in [2.45, 2.75) is 20.3 Å². The van der Waals surface area contributed by atoms with Gasteiger partial charge in [0, 0.05) is 6.54 Å². The van der Waals surface area contributed by atoms with Gasteiger partial charge in [-0.25, -0.2) is 4.39 Å². The molecule has 3 nitrogen and oxygen atoms in total. The summed E-state index contributed by atoms with van der Waals surface area (Å²) in [6.07, 6.45) is 0.738. The van der Waals surface area contributed by atoms with Gasteiger partial charge < -0.3 is 15.8 Å². The van der Waals surface area contributed by atoms with E-state index in [9.17, 15) is 4.39 Å². The van der Waals surface area contributed by atoms with Gasteiger partial charge in [0.05, 0.1) is 7.11 Å². The van der Waals surface area contributed by atoms with Gasteiger partial charge in [-0.3, -0.25) is 0 Å². The lowest BCUT2D eigenvalue weighted by molar-refractivity contribution is 0.352. The normalized spacial score (nSPS) is 11.6. The van der Waals surface area contributed by atoms with Crippen molar-refractivity contribution < 1.29 is 9.13 Å². The second-order valence-corrected chi connectivity index (χ2v) is 5.25. The lowest BCUT2D eigenvalue weighted by Gasteiger charge is -2.22. The van der Waals surface area contributed by atoms with Crippen LogP contribution in [0.2, 0.25) is 0 Å². The summed E-state index contributed by atoms with van der Waals surface area (Å²) >= 11 is 0. The Bertz CT molecular complexity index is 380. The van der Waals surface area contributed by atoms with E-state index in [1.54, 1.807) is 13.2 Å². The van der Waals surface area contributed by atoms with E-state index in [1.165, 1.54) is 12.1 Å². The van der Waals surface area contributed by atoms with Crippen molar-refractivity contribution in [1.29, 1.82) is 0 Å². The molecular formula is C14H23FN2O. The third-order valence-corrected chi connectivity index (χ3v) is 2.97. The van der Waals surface area contributed by atoms with Crippen molar-refractivity contribution in [3.8, 4) is 5.75 Å². The summed E-state index contributed by atoms with van der Waals surface area (Å²) in [5, 5.41) is 3.34. The summed E-state index contributed by atoms with van der Waals surface area (Å²) < 4.78 is 18.3. The Hall–Kier alpha value is -1.13. The van der Waals surface area contributed by atoms with Crippen molar-refractivity contribution in [2.75, 3.05) is 26.7 Å². The van der Waals surface area contributed by atoms with Gasteiger partial charge in [0.2, 0.25) is 0 Å². The van der Waals surface area contributed by atoms with Crippen LogP contribution in [0.5, 0.6) is 5.75 Å². The van der Waals surface area contributed by atoms with Crippen LogP contribution in [-0.2, 0) is 6.42 Å². The molecule has 1 rings (SSSR count). The first-order valence-corrected chi connectivity index (χ1v) is 6.22. The topological polar surface area (TPSA) is 47.3 Å². The van der Waals surface area contributed by atoms with Gasteiger partial charge in [0.15, 0.2) is 0 Å². The molecule has 0 saturated heterocycles. The quantitative estimate of drug-likeness (QED) is 0.731. The molecule has 0 amide bonds. The van der Waals surface area contributed by atoms with Crippen LogP contribution in [0.1, 0.15) is 19.4 Å². The van der Waals surface area contributed by atoms with Gasteiger partial charge in [-0.2, -0.15) is 0 Å². The lowest BCUT2D eigenvalue weighted by Crippen LogP contribution is -2.36. The van der Waals surface area contributed by atoms with E-state index < -0.39 is 0 Å². The molecule has 0 heterocycles. The van der Waals surface area contributed by atoms with Crippen molar-refractivity contribution in [2.24, 2.45) is 11.1 Å². The molecule has 1 aromatic rings. The molecular weight excluding hydrogens is 231 g/mol. The number of nitrogens with two attached hydrogens (primary N) is 1. The van der Waals surface area contributed by atoms with E-state index in [0.29, 0.717) is 6.54 Å². The highest BCUT2D eigenvalue weighted by Gasteiger charge is 2.14. The Labute approximate surface area is 109 Å².